The van der Waals surface area contributed by atoms with Crippen LogP contribution in [0.2, 0.25) is 0 Å². The highest BCUT2D eigenvalue weighted by Crippen LogP contribution is 2.16. The molecule has 19 heavy (non-hydrogen) atoms. The molecule has 0 saturated carbocycles. The molecule has 0 N–H and O–H groups in total. The molecule has 0 aliphatic rings. The van der Waals surface area contributed by atoms with E-state index in [4.69, 9.17) is 0 Å². The van der Waals surface area contributed by atoms with Gasteiger partial charge in [-0.3, -0.25) is 14.4 Å². The highest BCUT2D eigenvalue weighted by Gasteiger charge is 2.23. The fourth-order valence-electron chi connectivity index (χ4n) is 1.96. The van der Waals surface area contributed by atoms with E-state index >= 15 is 0 Å². The minimum Gasteiger partial charge on any atom is -0.289 e. The molecule has 0 bridgehead atoms. The molecular formula is C15H9NO3. The number of benzene rings is 2. The normalized spacial score (nSPS) is 10.7. The Balaban J connectivity index is 2.12. The number of ketones is 1. The molecule has 0 amide bonds. The van der Waals surface area contributed by atoms with Crippen LogP contribution in [0.3, 0.4) is 0 Å². The molecule has 92 valence electrons. The van der Waals surface area contributed by atoms with Gasteiger partial charge in [0.05, 0.1) is 5.69 Å². The van der Waals surface area contributed by atoms with Crippen LogP contribution in [0.4, 0.5) is 0 Å². The predicted octanol–water partition coefficient (Wildman–Crippen LogP) is 1.30. The number of carbonyl (C=O) groups is 1. The molecule has 1 heterocycles. The fourth-order valence-corrected chi connectivity index (χ4v) is 1.96. The molecule has 0 radical (unpaired) electrons. The van der Waals surface area contributed by atoms with Gasteiger partial charge in [0.15, 0.2) is 5.78 Å². The molecule has 0 fully saturated rings. The largest absolute Gasteiger partial charge is 0.324 e. The van der Waals surface area contributed by atoms with Gasteiger partial charge in [-0.15, -0.1) is 0 Å². The molecule has 0 saturated heterocycles. The first-order chi connectivity index (χ1) is 9.20. The minimum absolute atomic E-state index is 0.205. The summed E-state index contributed by atoms with van der Waals surface area (Å²) in [6.45, 7) is 0. The zero-order valence-electron chi connectivity index (χ0n) is 9.87. The van der Waals surface area contributed by atoms with Crippen LogP contribution in [0.15, 0.2) is 64.2 Å². The second-order valence-corrected chi connectivity index (χ2v) is 4.16. The standard InChI is InChI=1S/C15H9NO3/c17-13(10-6-2-1-3-7-10)11-8-4-5-9-12(11)16-14(18)15(16)19/h1-9H. The molecule has 4 heteroatoms. The summed E-state index contributed by atoms with van der Waals surface area (Å²) in [6, 6.07) is 15.4. The first-order valence-electron chi connectivity index (χ1n) is 5.77. The molecular weight excluding hydrogens is 242 g/mol. The average Bonchev–Trinajstić information content (AvgIpc) is 3.06. The lowest BCUT2D eigenvalue weighted by molar-refractivity contribution is 0.103. The third-order valence-electron chi connectivity index (χ3n) is 2.96. The van der Waals surface area contributed by atoms with Crippen LogP contribution in [-0.4, -0.2) is 10.4 Å². The van der Waals surface area contributed by atoms with Crippen molar-refractivity contribution in [2.45, 2.75) is 0 Å². The Hall–Kier alpha value is -2.75. The quantitative estimate of drug-likeness (QED) is 0.521. The Morgan fingerprint density at radius 2 is 1.37 bits per heavy atom. The zero-order chi connectivity index (χ0) is 13.4. The van der Waals surface area contributed by atoms with Crippen molar-refractivity contribution in [1.82, 2.24) is 4.57 Å². The summed E-state index contributed by atoms with van der Waals surface area (Å²) in [7, 11) is 0. The van der Waals surface area contributed by atoms with E-state index in [0.717, 1.165) is 4.57 Å². The van der Waals surface area contributed by atoms with Crippen LogP contribution >= 0.6 is 0 Å². The number of aromatic nitrogens is 1. The lowest BCUT2D eigenvalue weighted by Gasteiger charge is -2.05. The van der Waals surface area contributed by atoms with Crippen molar-refractivity contribution in [3.05, 3.63) is 86.4 Å². The molecule has 0 spiro atoms. The minimum atomic E-state index is -0.576. The van der Waals surface area contributed by atoms with Crippen molar-refractivity contribution in [3.63, 3.8) is 0 Å². The molecule has 0 aliphatic carbocycles. The van der Waals surface area contributed by atoms with E-state index in [-0.39, 0.29) is 5.78 Å². The second-order valence-electron chi connectivity index (χ2n) is 4.16. The van der Waals surface area contributed by atoms with Crippen molar-refractivity contribution in [2.24, 2.45) is 0 Å². The van der Waals surface area contributed by atoms with Gasteiger partial charge in [0.25, 0.3) is 0 Å². The summed E-state index contributed by atoms with van der Waals surface area (Å²) in [5.41, 5.74) is 0.0811. The molecule has 0 unspecified atom stereocenters. The van der Waals surface area contributed by atoms with Crippen LogP contribution in [0.5, 0.6) is 0 Å². The Labute approximate surface area is 108 Å². The predicted molar refractivity (Wildman–Crippen MR) is 70.6 cm³/mol. The zero-order valence-corrected chi connectivity index (χ0v) is 9.87. The van der Waals surface area contributed by atoms with Crippen molar-refractivity contribution >= 4 is 5.78 Å². The molecule has 2 aromatic carbocycles. The van der Waals surface area contributed by atoms with Gasteiger partial charge in [0, 0.05) is 11.1 Å². The Morgan fingerprint density at radius 3 is 2.00 bits per heavy atom. The molecule has 1 aromatic heterocycles. The summed E-state index contributed by atoms with van der Waals surface area (Å²) >= 11 is 0. The van der Waals surface area contributed by atoms with Crippen LogP contribution in [0, 0.1) is 0 Å². The first-order valence-corrected chi connectivity index (χ1v) is 5.77. The van der Waals surface area contributed by atoms with Gasteiger partial charge in [-0.05, 0) is 12.1 Å². The number of nitrogens with zero attached hydrogens (tertiary/aromatic N) is 1. The van der Waals surface area contributed by atoms with E-state index in [1.165, 1.54) is 0 Å². The molecule has 0 atom stereocenters. The third kappa shape index (κ3) is 1.83. The van der Waals surface area contributed by atoms with Crippen LogP contribution in [0.1, 0.15) is 15.9 Å². The van der Waals surface area contributed by atoms with Gasteiger partial charge in [0.2, 0.25) is 0 Å². The van der Waals surface area contributed by atoms with Gasteiger partial charge in [-0.25, -0.2) is 4.57 Å². The number of carbonyl (C=O) groups excluding carboxylic acids is 1. The summed E-state index contributed by atoms with van der Waals surface area (Å²) < 4.78 is 1.01. The molecule has 0 aliphatic heterocycles. The van der Waals surface area contributed by atoms with Gasteiger partial charge in [-0.1, -0.05) is 42.5 Å². The number of rotatable bonds is 3. The number of hydrogen-bond donors (Lipinski definition) is 0. The summed E-state index contributed by atoms with van der Waals surface area (Å²) in [4.78, 5) is 34.8. The number of para-hydroxylation sites is 1. The highest BCUT2D eigenvalue weighted by molar-refractivity contribution is 6.11. The topological polar surface area (TPSA) is 56.1 Å². The smallest absolute Gasteiger partial charge is 0.289 e. The summed E-state index contributed by atoms with van der Waals surface area (Å²) in [6.07, 6.45) is 0. The van der Waals surface area contributed by atoms with Crippen LogP contribution in [0.25, 0.3) is 5.69 Å². The van der Waals surface area contributed by atoms with Crippen molar-refractivity contribution in [2.75, 3.05) is 0 Å². The van der Waals surface area contributed by atoms with Crippen LogP contribution in [-0.2, 0) is 0 Å². The van der Waals surface area contributed by atoms with Crippen molar-refractivity contribution < 1.29 is 4.79 Å². The van der Waals surface area contributed by atoms with E-state index in [1.807, 2.05) is 6.07 Å². The highest BCUT2D eigenvalue weighted by atomic mass is 16.2. The SMILES string of the molecule is O=C(c1ccccc1)c1ccccc1-n1c(=O)c1=O. The van der Waals surface area contributed by atoms with Crippen LogP contribution < -0.4 is 11.1 Å². The van der Waals surface area contributed by atoms with E-state index in [0.29, 0.717) is 16.8 Å². The van der Waals surface area contributed by atoms with Crippen molar-refractivity contribution in [3.8, 4) is 5.69 Å². The maximum atomic E-state index is 12.4. The van der Waals surface area contributed by atoms with E-state index < -0.39 is 11.1 Å². The molecule has 3 rings (SSSR count). The molecule has 4 nitrogen and oxygen atoms in total. The first kappa shape index (κ1) is 11.3. The van der Waals surface area contributed by atoms with E-state index in [2.05, 4.69) is 0 Å². The van der Waals surface area contributed by atoms with E-state index in [9.17, 15) is 14.4 Å². The van der Waals surface area contributed by atoms with Gasteiger partial charge < -0.3 is 0 Å². The monoisotopic (exact) mass is 251 g/mol. The Kier molecular flexibility index (Phi) is 2.49. The average molecular weight is 251 g/mol. The lowest BCUT2D eigenvalue weighted by Crippen LogP contribution is -2.07. The van der Waals surface area contributed by atoms with Gasteiger partial charge >= 0.3 is 11.1 Å². The van der Waals surface area contributed by atoms with E-state index in [1.54, 1.807) is 48.5 Å². The second kappa shape index (κ2) is 4.17. The third-order valence-corrected chi connectivity index (χ3v) is 2.96. The van der Waals surface area contributed by atoms with Gasteiger partial charge in [0.1, 0.15) is 0 Å². The van der Waals surface area contributed by atoms with Crippen molar-refractivity contribution in [1.29, 1.82) is 0 Å². The lowest BCUT2D eigenvalue weighted by atomic mass is 10.0. The summed E-state index contributed by atoms with van der Waals surface area (Å²) in [5, 5.41) is 0. The fraction of sp³-hybridized carbons (Fsp3) is 0. The Bertz CT molecular complexity index is 798. The molecule has 3 aromatic rings. The maximum absolute atomic E-state index is 12.4. The summed E-state index contributed by atoms with van der Waals surface area (Å²) in [5.74, 6) is -0.205. The number of hydrogen-bond acceptors (Lipinski definition) is 3. The Morgan fingerprint density at radius 1 is 0.789 bits per heavy atom. The van der Waals surface area contributed by atoms with Gasteiger partial charge in [-0.2, -0.15) is 0 Å². The maximum Gasteiger partial charge on any atom is 0.324 e.